The Labute approximate surface area is 129 Å². The summed E-state index contributed by atoms with van der Waals surface area (Å²) >= 11 is 0. The number of amides is 1. The highest BCUT2D eigenvalue weighted by molar-refractivity contribution is 5.97. The quantitative estimate of drug-likeness (QED) is 0.724. The minimum atomic E-state index is -0.924. The smallest absolute Gasteiger partial charge is 0.316 e. The molecule has 2 heterocycles. The number of hydrogen-bond acceptors (Lipinski definition) is 8. The molecule has 0 radical (unpaired) electrons. The average Bonchev–Trinajstić information content (AvgIpc) is 3.24. The zero-order valence-corrected chi connectivity index (χ0v) is 12.0. The molecule has 1 atom stereocenters. The van der Waals surface area contributed by atoms with Gasteiger partial charge in [0.15, 0.2) is 0 Å². The zero-order chi connectivity index (χ0) is 16.4. The Morgan fingerprint density at radius 2 is 1.96 bits per heavy atom. The Balaban J connectivity index is 2.13. The number of carbonyl (C=O) groups excluding carboxylic acids is 1. The standard InChI is InChI=1S/C14H11N5O4/c1-7(15)12-17-18-14(23-12)10-5-8(11(20)19-21)4-9(6-10)13-16-2-3-22-13/h2-7H,15H2,1H3. The van der Waals surface area contributed by atoms with E-state index in [4.69, 9.17) is 14.6 Å². The first-order valence-electron chi connectivity index (χ1n) is 6.60. The topological polar surface area (TPSA) is 137 Å². The van der Waals surface area contributed by atoms with Crippen LogP contribution in [-0.4, -0.2) is 21.1 Å². The molecule has 0 aliphatic heterocycles. The van der Waals surface area contributed by atoms with E-state index in [2.05, 4.69) is 20.4 Å². The first-order valence-corrected chi connectivity index (χ1v) is 6.60. The summed E-state index contributed by atoms with van der Waals surface area (Å²) in [6, 6.07) is 4.09. The lowest BCUT2D eigenvalue weighted by Crippen LogP contribution is -2.04. The molecule has 2 N–H and O–H groups in total. The molecule has 1 amide bonds. The lowest BCUT2D eigenvalue weighted by molar-refractivity contribution is 0.100. The van der Waals surface area contributed by atoms with Crippen LogP contribution >= 0.6 is 0 Å². The third kappa shape index (κ3) is 2.90. The number of hydrogen-bond donors (Lipinski definition) is 1. The molecule has 2 aromatic heterocycles. The fourth-order valence-corrected chi connectivity index (χ4v) is 1.95. The van der Waals surface area contributed by atoms with Crippen molar-refractivity contribution in [3.63, 3.8) is 0 Å². The fourth-order valence-electron chi connectivity index (χ4n) is 1.95. The van der Waals surface area contributed by atoms with Crippen molar-refractivity contribution < 1.29 is 13.6 Å². The van der Waals surface area contributed by atoms with Gasteiger partial charge in [-0.3, -0.25) is 4.79 Å². The van der Waals surface area contributed by atoms with Crippen LogP contribution in [0.2, 0.25) is 0 Å². The van der Waals surface area contributed by atoms with Gasteiger partial charge in [0.05, 0.1) is 12.2 Å². The fraction of sp³-hybridized carbons (Fsp3) is 0.143. The first kappa shape index (κ1) is 14.7. The van der Waals surface area contributed by atoms with Crippen LogP contribution in [0.25, 0.3) is 22.9 Å². The van der Waals surface area contributed by atoms with E-state index in [0.717, 1.165) is 0 Å². The summed E-state index contributed by atoms with van der Waals surface area (Å²) in [7, 11) is 0. The second-order valence-electron chi connectivity index (χ2n) is 4.77. The Morgan fingerprint density at radius 1 is 1.22 bits per heavy atom. The van der Waals surface area contributed by atoms with Gasteiger partial charge in [-0.15, -0.1) is 15.1 Å². The molecule has 1 aromatic carbocycles. The lowest BCUT2D eigenvalue weighted by atomic mass is 10.0. The highest BCUT2D eigenvalue weighted by Crippen LogP contribution is 2.28. The van der Waals surface area contributed by atoms with Gasteiger partial charge in [-0.05, 0) is 25.1 Å². The minimum absolute atomic E-state index is 0.0613. The number of nitrogens with two attached hydrogens (primary N) is 1. The van der Waals surface area contributed by atoms with Crippen molar-refractivity contribution in [3.8, 4) is 22.9 Å². The van der Waals surface area contributed by atoms with Crippen molar-refractivity contribution in [1.82, 2.24) is 15.2 Å². The molecular weight excluding hydrogens is 302 g/mol. The van der Waals surface area contributed by atoms with Crippen molar-refractivity contribution in [1.29, 1.82) is 0 Å². The third-order valence-electron chi connectivity index (χ3n) is 3.02. The van der Waals surface area contributed by atoms with Gasteiger partial charge in [-0.1, -0.05) is 0 Å². The second kappa shape index (κ2) is 5.89. The highest BCUT2D eigenvalue weighted by Gasteiger charge is 2.17. The molecule has 23 heavy (non-hydrogen) atoms. The van der Waals surface area contributed by atoms with Gasteiger partial charge in [0.1, 0.15) is 6.26 Å². The number of rotatable bonds is 4. The van der Waals surface area contributed by atoms with Crippen LogP contribution in [0.1, 0.15) is 29.2 Å². The van der Waals surface area contributed by atoms with Crippen LogP contribution in [0.3, 0.4) is 0 Å². The predicted molar refractivity (Wildman–Crippen MR) is 78.0 cm³/mol. The summed E-state index contributed by atoms with van der Waals surface area (Å²) in [5, 5.41) is 10.1. The van der Waals surface area contributed by atoms with Gasteiger partial charge < -0.3 is 14.6 Å². The summed E-state index contributed by atoms with van der Waals surface area (Å²) in [5.41, 5.74) is 6.64. The second-order valence-corrected chi connectivity index (χ2v) is 4.77. The summed E-state index contributed by atoms with van der Waals surface area (Å²) in [5.74, 6) is -0.237. The van der Waals surface area contributed by atoms with Crippen molar-refractivity contribution in [2.45, 2.75) is 13.0 Å². The van der Waals surface area contributed by atoms with Gasteiger partial charge in [-0.2, -0.15) is 0 Å². The van der Waals surface area contributed by atoms with Crippen LogP contribution in [0.15, 0.2) is 44.7 Å². The van der Waals surface area contributed by atoms with E-state index >= 15 is 0 Å². The van der Waals surface area contributed by atoms with E-state index in [1.807, 2.05) is 0 Å². The summed E-state index contributed by atoms with van der Waals surface area (Å²) in [6.07, 6.45) is 2.85. The van der Waals surface area contributed by atoms with E-state index < -0.39 is 11.9 Å². The van der Waals surface area contributed by atoms with Gasteiger partial charge >= 0.3 is 5.91 Å². The number of nitrogens with zero attached hydrogens (tertiary/aromatic N) is 4. The van der Waals surface area contributed by atoms with E-state index in [0.29, 0.717) is 11.1 Å². The molecule has 9 nitrogen and oxygen atoms in total. The number of aromatic nitrogens is 3. The molecule has 0 saturated carbocycles. The zero-order valence-electron chi connectivity index (χ0n) is 12.0. The van der Waals surface area contributed by atoms with Crippen LogP contribution < -0.4 is 5.73 Å². The van der Waals surface area contributed by atoms with E-state index in [-0.39, 0.29) is 23.2 Å². The monoisotopic (exact) mass is 313 g/mol. The van der Waals surface area contributed by atoms with Crippen LogP contribution in [-0.2, 0) is 0 Å². The van der Waals surface area contributed by atoms with Crippen molar-refractivity contribution in [2.75, 3.05) is 0 Å². The molecule has 116 valence electrons. The molecule has 0 aliphatic carbocycles. The Bertz CT molecular complexity index is 854. The summed E-state index contributed by atoms with van der Waals surface area (Å²) in [6.45, 7) is 1.70. The molecule has 3 aromatic rings. The van der Waals surface area contributed by atoms with Crippen LogP contribution in [0.4, 0.5) is 0 Å². The van der Waals surface area contributed by atoms with Crippen molar-refractivity contribution >= 4 is 5.91 Å². The Morgan fingerprint density at radius 3 is 2.52 bits per heavy atom. The van der Waals surface area contributed by atoms with Gasteiger partial charge in [-0.25, -0.2) is 4.98 Å². The molecule has 0 aliphatic rings. The summed E-state index contributed by atoms with van der Waals surface area (Å²) < 4.78 is 10.7. The maximum absolute atomic E-state index is 11.6. The average molecular weight is 313 g/mol. The molecule has 0 saturated heterocycles. The molecule has 0 spiro atoms. The van der Waals surface area contributed by atoms with Crippen molar-refractivity contribution in [3.05, 3.63) is 47.0 Å². The number of oxazole rings is 1. The van der Waals surface area contributed by atoms with E-state index in [9.17, 15) is 9.70 Å². The van der Waals surface area contributed by atoms with E-state index in [1.165, 1.54) is 24.6 Å². The third-order valence-corrected chi connectivity index (χ3v) is 3.02. The molecule has 0 fully saturated rings. The summed E-state index contributed by atoms with van der Waals surface area (Å²) in [4.78, 5) is 26.2. The molecule has 0 bridgehead atoms. The number of nitroso groups, excluding NO2 is 1. The van der Waals surface area contributed by atoms with Crippen molar-refractivity contribution in [2.24, 2.45) is 10.9 Å². The van der Waals surface area contributed by atoms with Gasteiger partial charge in [0.2, 0.25) is 17.7 Å². The Kier molecular flexibility index (Phi) is 3.77. The van der Waals surface area contributed by atoms with E-state index in [1.54, 1.807) is 13.0 Å². The minimum Gasteiger partial charge on any atom is -0.445 e. The maximum Gasteiger partial charge on any atom is 0.316 e. The lowest BCUT2D eigenvalue weighted by Gasteiger charge is -2.03. The molecular formula is C14H11N5O4. The SMILES string of the molecule is CC(N)c1nnc(-c2cc(C(=O)N=O)cc(-c3ncco3)c2)o1. The number of carbonyl (C=O) groups is 1. The molecule has 3 rings (SSSR count). The number of benzene rings is 1. The van der Waals surface area contributed by atoms with Gasteiger partial charge in [0.25, 0.3) is 0 Å². The predicted octanol–water partition coefficient (Wildman–Crippen LogP) is 2.32. The largest absolute Gasteiger partial charge is 0.445 e. The molecule has 1 unspecified atom stereocenters. The van der Waals surface area contributed by atoms with Crippen LogP contribution in [0.5, 0.6) is 0 Å². The van der Waals surface area contributed by atoms with Gasteiger partial charge in [0, 0.05) is 21.9 Å². The first-order chi connectivity index (χ1) is 11.1. The van der Waals surface area contributed by atoms with Crippen LogP contribution in [0, 0.1) is 4.91 Å². The normalized spacial score (nSPS) is 12.1. The Hall–Kier alpha value is -3.20. The highest BCUT2D eigenvalue weighted by atomic mass is 16.4. The maximum atomic E-state index is 11.6. The molecule has 9 heteroatoms.